The molecule has 1 spiro atoms. The third-order valence-corrected chi connectivity index (χ3v) is 7.87. The van der Waals surface area contributed by atoms with Crippen LogP contribution < -0.4 is 0 Å². The van der Waals surface area contributed by atoms with Crippen molar-refractivity contribution in [1.82, 2.24) is 14.7 Å². The molecule has 4 fully saturated rings. The van der Waals surface area contributed by atoms with Crippen molar-refractivity contribution in [3.8, 4) is 0 Å². The van der Waals surface area contributed by atoms with Crippen LogP contribution in [0.1, 0.15) is 36.8 Å². The highest BCUT2D eigenvalue weighted by Gasteiger charge is 2.46. The van der Waals surface area contributed by atoms with Crippen LogP contribution in [0.2, 0.25) is 0 Å². The van der Waals surface area contributed by atoms with Crippen molar-refractivity contribution in [2.75, 3.05) is 45.9 Å². The summed E-state index contributed by atoms with van der Waals surface area (Å²) >= 11 is 0. The first-order valence-corrected chi connectivity index (χ1v) is 11.9. The van der Waals surface area contributed by atoms with Crippen LogP contribution in [-0.4, -0.2) is 78.5 Å². The third-order valence-electron chi connectivity index (χ3n) is 7.87. The van der Waals surface area contributed by atoms with E-state index in [0.717, 1.165) is 38.4 Å². The standard InChI is InChI=1S/C24H29F4N3O3/c25-20-10-18(24(26,27)28)2-1-16(20)11-29-14-23(15-29)4-7-30(8-5-23)22(33)31-6-3-21-17(12-31)9-19(32)13-34-21/h1-2,10,17,21H,3-9,11-15H2/t17-,21+/m1/s1. The topological polar surface area (TPSA) is 53.1 Å². The molecule has 186 valence electrons. The van der Waals surface area contributed by atoms with Crippen LogP contribution in [0.25, 0.3) is 0 Å². The predicted molar refractivity (Wildman–Crippen MR) is 114 cm³/mol. The van der Waals surface area contributed by atoms with Gasteiger partial charge < -0.3 is 14.5 Å². The number of hydrogen-bond donors (Lipinski definition) is 0. The summed E-state index contributed by atoms with van der Waals surface area (Å²) < 4.78 is 58.0. The zero-order valence-electron chi connectivity index (χ0n) is 19.0. The van der Waals surface area contributed by atoms with Crippen molar-refractivity contribution in [1.29, 1.82) is 0 Å². The van der Waals surface area contributed by atoms with Crippen LogP contribution in [-0.2, 0) is 22.3 Å². The van der Waals surface area contributed by atoms with Gasteiger partial charge in [0.05, 0.1) is 11.7 Å². The smallest absolute Gasteiger partial charge is 0.370 e. The number of carbonyl (C=O) groups is 2. The minimum absolute atomic E-state index is 0.0225. The summed E-state index contributed by atoms with van der Waals surface area (Å²) in [6.07, 6.45) is -1.53. The minimum Gasteiger partial charge on any atom is -0.370 e. The molecule has 0 N–H and O–H groups in total. The quantitative estimate of drug-likeness (QED) is 0.604. The number of rotatable bonds is 2. The van der Waals surface area contributed by atoms with Gasteiger partial charge in [-0.1, -0.05) is 6.07 Å². The largest absolute Gasteiger partial charge is 0.416 e. The Morgan fingerprint density at radius 1 is 1.12 bits per heavy atom. The van der Waals surface area contributed by atoms with Gasteiger partial charge in [0, 0.05) is 63.7 Å². The van der Waals surface area contributed by atoms with Crippen molar-refractivity contribution in [3.63, 3.8) is 0 Å². The Morgan fingerprint density at radius 2 is 1.85 bits per heavy atom. The number of amides is 2. The van der Waals surface area contributed by atoms with Crippen molar-refractivity contribution >= 4 is 11.8 Å². The molecule has 2 amide bonds. The maximum Gasteiger partial charge on any atom is 0.416 e. The summed E-state index contributed by atoms with van der Waals surface area (Å²) in [5, 5.41) is 0. The van der Waals surface area contributed by atoms with E-state index >= 15 is 0 Å². The van der Waals surface area contributed by atoms with Gasteiger partial charge in [0.2, 0.25) is 0 Å². The molecule has 2 atom stereocenters. The molecule has 4 heterocycles. The Balaban J connectivity index is 1.10. The maximum atomic E-state index is 14.2. The van der Waals surface area contributed by atoms with Gasteiger partial charge in [-0.25, -0.2) is 9.18 Å². The van der Waals surface area contributed by atoms with E-state index in [9.17, 15) is 27.2 Å². The lowest BCUT2D eigenvalue weighted by Crippen LogP contribution is -2.61. The van der Waals surface area contributed by atoms with Gasteiger partial charge in [-0.3, -0.25) is 9.69 Å². The fourth-order valence-electron chi connectivity index (χ4n) is 5.95. The fraction of sp³-hybridized carbons (Fsp3) is 0.667. The average molecular weight is 484 g/mol. The van der Waals surface area contributed by atoms with Crippen LogP contribution in [0, 0.1) is 17.2 Å². The number of piperidine rings is 2. The molecule has 0 radical (unpaired) electrons. The number of benzene rings is 1. The Labute approximate surface area is 195 Å². The molecule has 0 unspecified atom stereocenters. The van der Waals surface area contributed by atoms with Crippen LogP contribution in [0.3, 0.4) is 0 Å². The SMILES string of the molecule is O=C1CO[C@H]2CCN(C(=O)N3CCC4(CC3)CN(Cc3ccc(C(F)(F)F)cc3F)C4)C[C@H]2C1. The van der Waals surface area contributed by atoms with Crippen LogP contribution in [0.5, 0.6) is 0 Å². The molecule has 0 aromatic heterocycles. The van der Waals surface area contributed by atoms with Crippen LogP contribution in [0.4, 0.5) is 22.4 Å². The van der Waals surface area contributed by atoms with Crippen LogP contribution >= 0.6 is 0 Å². The van der Waals surface area contributed by atoms with Crippen molar-refractivity contribution in [2.24, 2.45) is 11.3 Å². The molecule has 0 aliphatic carbocycles. The number of ketones is 1. The lowest BCUT2D eigenvalue weighted by atomic mass is 9.72. The number of alkyl halides is 3. The molecule has 4 aliphatic rings. The average Bonchev–Trinajstić information content (AvgIpc) is 2.78. The number of halogens is 4. The molecule has 6 nitrogen and oxygen atoms in total. The van der Waals surface area contributed by atoms with E-state index in [1.807, 2.05) is 14.7 Å². The normalized spacial score (nSPS) is 27.5. The summed E-state index contributed by atoms with van der Waals surface area (Å²) in [4.78, 5) is 30.6. The number of carbonyl (C=O) groups excluding carboxylic acids is 2. The van der Waals surface area contributed by atoms with Gasteiger partial charge in [-0.15, -0.1) is 0 Å². The number of ether oxygens (including phenoxy) is 1. The summed E-state index contributed by atoms with van der Waals surface area (Å²) in [6.45, 7) is 4.48. The summed E-state index contributed by atoms with van der Waals surface area (Å²) in [7, 11) is 0. The van der Waals surface area contributed by atoms with Gasteiger partial charge in [-0.2, -0.15) is 13.2 Å². The number of urea groups is 1. The highest BCUT2D eigenvalue weighted by atomic mass is 19.4. The maximum absolute atomic E-state index is 14.2. The predicted octanol–water partition coefficient (Wildman–Crippen LogP) is 3.54. The van der Waals surface area contributed by atoms with Crippen molar-refractivity contribution in [3.05, 3.63) is 35.1 Å². The Kier molecular flexibility index (Phi) is 6.08. The van der Waals surface area contributed by atoms with Crippen LogP contribution in [0.15, 0.2) is 18.2 Å². The summed E-state index contributed by atoms with van der Waals surface area (Å²) in [6, 6.07) is 2.73. The molecule has 34 heavy (non-hydrogen) atoms. The molecular weight excluding hydrogens is 454 g/mol. The number of likely N-dealkylation sites (tertiary alicyclic amines) is 3. The van der Waals surface area contributed by atoms with E-state index in [1.165, 1.54) is 6.07 Å². The van der Waals surface area contributed by atoms with E-state index < -0.39 is 17.6 Å². The van der Waals surface area contributed by atoms with Crippen molar-refractivity contribution in [2.45, 2.75) is 44.5 Å². The number of fused-ring (bicyclic) bond motifs is 1. The molecule has 4 saturated heterocycles. The Hall–Kier alpha value is -2.20. The lowest BCUT2D eigenvalue weighted by molar-refractivity contribution is -0.140. The molecule has 1 aromatic carbocycles. The molecular formula is C24H29F4N3O3. The number of Topliss-reactive ketones (excluding diaryl/α,β-unsaturated/α-hetero) is 1. The molecule has 10 heteroatoms. The highest BCUT2D eigenvalue weighted by molar-refractivity contribution is 5.81. The first-order chi connectivity index (χ1) is 16.1. The van der Waals surface area contributed by atoms with Gasteiger partial charge >= 0.3 is 12.2 Å². The Bertz CT molecular complexity index is 953. The number of nitrogens with zero attached hydrogens (tertiary/aromatic N) is 3. The highest BCUT2D eigenvalue weighted by Crippen LogP contribution is 2.42. The lowest BCUT2D eigenvalue weighted by Gasteiger charge is -2.54. The van der Waals surface area contributed by atoms with E-state index in [2.05, 4.69) is 0 Å². The fourth-order valence-corrected chi connectivity index (χ4v) is 5.95. The van der Waals surface area contributed by atoms with Gasteiger partial charge in [0.1, 0.15) is 12.4 Å². The minimum atomic E-state index is -4.55. The van der Waals surface area contributed by atoms with Gasteiger partial charge in [0.15, 0.2) is 5.78 Å². The van der Waals surface area contributed by atoms with E-state index in [1.54, 1.807) is 0 Å². The van der Waals surface area contributed by atoms with E-state index in [0.29, 0.717) is 38.7 Å². The van der Waals surface area contributed by atoms with E-state index in [-0.39, 0.29) is 48.0 Å². The first-order valence-electron chi connectivity index (χ1n) is 11.9. The first kappa shape index (κ1) is 23.5. The summed E-state index contributed by atoms with van der Waals surface area (Å²) in [5.41, 5.74) is -0.628. The summed E-state index contributed by atoms with van der Waals surface area (Å²) in [5.74, 6) is -0.646. The zero-order valence-corrected chi connectivity index (χ0v) is 19.0. The van der Waals surface area contributed by atoms with Gasteiger partial charge in [-0.05, 0) is 36.8 Å². The zero-order chi connectivity index (χ0) is 24.1. The van der Waals surface area contributed by atoms with Gasteiger partial charge in [0.25, 0.3) is 0 Å². The monoisotopic (exact) mass is 483 g/mol. The third kappa shape index (κ3) is 4.66. The molecule has 4 aliphatic heterocycles. The molecule has 0 bridgehead atoms. The second-order valence-electron chi connectivity index (χ2n) is 10.3. The second-order valence-corrected chi connectivity index (χ2v) is 10.3. The number of hydrogen-bond acceptors (Lipinski definition) is 4. The molecule has 5 rings (SSSR count). The van der Waals surface area contributed by atoms with Crippen molar-refractivity contribution < 1.29 is 31.9 Å². The second kappa shape index (κ2) is 8.78. The Morgan fingerprint density at radius 3 is 2.53 bits per heavy atom. The molecule has 0 saturated carbocycles. The molecule has 1 aromatic rings. The van der Waals surface area contributed by atoms with E-state index in [4.69, 9.17) is 4.74 Å².